The van der Waals surface area contributed by atoms with Crippen LogP contribution >= 0.6 is 11.6 Å². The number of carbonyl (C=O) groups excluding carboxylic acids is 2. The van der Waals surface area contributed by atoms with Gasteiger partial charge in [0.05, 0.1) is 0 Å². The van der Waals surface area contributed by atoms with Crippen molar-refractivity contribution in [1.29, 1.82) is 0 Å². The smallest absolute Gasteiger partial charge is 0.292 e. The number of halogens is 1. The Bertz CT molecular complexity index is 1020. The van der Waals surface area contributed by atoms with Gasteiger partial charge in [0.15, 0.2) is 0 Å². The third-order valence-corrected chi connectivity index (χ3v) is 4.64. The Kier molecular flexibility index (Phi) is 5.76. The molecule has 0 spiro atoms. The molecule has 3 rings (SSSR count). The van der Waals surface area contributed by atoms with Crippen LogP contribution in [0.4, 0.5) is 10.6 Å². The van der Waals surface area contributed by atoms with E-state index < -0.39 is 11.9 Å². The van der Waals surface area contributed by atoms with E-state index in [-0.39, 0.29) is 0 Å². The van der Waals surface area contributed by atoms with Crippen LogP contribution in [0.5, 0.6) is 0 Å². The lowest BCUT2D eigenvalue weighted by atomic mass is 9.99. The summed E-state index contributed by atoms with van der Waals surface area (Å²) in [5.41, 5.74) is 4.95. The molecular formula is C22H20ClN3O2. The van der Waals surface area contributed by atoms with Crippen LogP contribution in [-0.2, 0) is 0 Å². The molecule has 0 atom stereocenters. The third kappa shape index (κ3) is 4.38. The van der Waals surface area contributed by atoms with Crippen molar-refractivity contribution in [2.45, 2.75) is 20.8 Å². The zero-order chi connectivity index (χ0) is 20.3. The summed E-state index contributed by atoms with van der Waals surface area (Å²) in [4.78, 5) is 28.9. The number of aryl methyl sites for hydroxylation is 3. The van der Waals surface area contributed by atoms with Crippen molar-refractivity contribution in [2.24, 2.45) is 0 Å². The van der Waals surface area contributed by atoms with Crippen molar-refractivity contribution < 1.29 is 9.59 Å². The highest BCUT2D eigenvalue weighted by Crippen LogP contribution is 2.29. The van der Waals surface area contributed by atoms with Crippen molar-refractivity contribution in [3.63, 3.8) is 0 Å². The SMILES string of the molecule is Cc1ccccc1C(=O)NC(=O)Nc1cc(C)c(-c2ccc(Cl)cc2)c(C)n1. The maximum Gasteiger partial charge on any atom is 0.327 e. The Morgan fingerprint density at radius 3 is 2.25 bits per heavy atom. The number of carbonyl (C=O) groups is 2. The lowest BCUT2D eigenvalue weighted by Gasteiger charge is -2.13. The zero-order valence-corrected chi connectivity index (χ0v) is 16.6. The maximum atomic E-state index is 12.3. The molecule has 6 heteroatoms. The van der Waals surface area contributed by atoms with Gasteiger partial charge in [0.1, 0.15) is 5.82 Å². The zero-order valence-electron chi connectivity index (χ0n) is 15.8. The van der Waals surface area contributed by atoms with E-state index in [0.717, 1.165) is 27.9 Å². The predicted octanol–water partition coefficient (Wildman–Crippen LogP) is 5.29. The van der Waals surface area contributed by atoms with E-state index in [2.05, 4.69) is 15.6 Å². The molecular weight excluding hydrogens is 374 g/mol. The molecule has 0 bridgehead atoms. The number of aromatic nitrogens is 1. The Balaban J connectivity index is 1.76. The van der Waals surface area contributed by atoms with Crippen LogP contribution in [0.3, 0.4) is 0 Å². The number of pyridine rings is 1. The van der Waals surface area contributed by atoms with Gasteiger partial charge in [-0.25, -0.2) is 9.78 Å². The highest BCUT2D eigenvalue weighted by molar-refractivity contribution is 6.30. The lowest BCUT2D eigenvalue weighted by molar-refractivity contribution is 0.0966. The van der Waals surface area contributed by atoms with Crippen LogP contribution in [0.15, 0.2) is 54.6 Å². The van der Waals surface area contributed by atoms with Crippen LogP contribution < -0.4 is 10.6 Å². The van der Waals surface area contributed by atoms with Gasteiger partial charge in [0.2, 0.25) is 0 Å². The predicted molar refractivity (Wildman–Crippen MR) is 112 cm³/mol. The molecule has 3 aromatic rings. The van der Waals surface area contributed by atoms with Crippen molar-refractivity contribution >= 4 is 29.4 Å². The van der Waals surface area contributed by atoms with Gasteiger partial charge in [-0.05, 0) is 61.7 Å². The summed E-state index contributed by atoms with van der Waals surface area (Å²) in [6.45, 7) is 5.63. The van der Waals surface area contributed by atoms with Crippen LogP contribution in [0, 0.1) is 20.8 Å². The van der Waals surface area contributed by atoms with Gasteiger partial charge in [-0.1, -0.05) is 41.9 Å². The van der Waals surface area contributed by atoms with Crippen LogP contribution in [0.2, 0.25) is 5.02 Å². The van der Waals surface area contributed by atoms with E-state index in [0.29, 0.717) is 16.4 Å². The fourth-order valence-electron chi connectivity index (χ4n) is 3.09. The monoisotopic (exact) mass is 393 g/mol. The molecule has 1 heterocycles. The number of urea groups is 1. The molecule has 0 aliphatic heterocycles. The molecule has 142 valence electrons. The number of rotatable bonds is 3. The van der Waals surface area contributed by atoms with Crippen molar-refractivity contribution in [3.05, 3.63) is 82.0 Å². The lowest BCUT2D eigenvalue weighted by Crippen LogP contribution is -2.35. The second-order valence-corrected chi connectivity index (χ2v) is 6.95. The molecule has 5 nitrogen and oxygen atoms in total. The number of hydrogen-bond donors (Lipinski definition) is 2. The second-order valence-electron chi connectivity index (χ2n) is 6.51. The van der Waals surface area contributed by atoms with Gasteiger partial charge in [0, 0.05) is 21.8 Å². The second kappa shape index (κ2) is 8.23. The first-order chi connectivity index (χ1) is 13.3. The highest BCUT2D eigenvalue weighted by Gasteiger charge is 2.14. The summed E-state index contributed by atoms with van der Waals surface area (Å²) in [6, 6.07) is 15.7. The number of benzene rings is 2. The number of nitrogens with one attached hydrogen (secondary N) is 2. The maximum absolute atomic E-state index is 12.3. The number of hydrogen-bond acceptors (Lipinski definition) is 3. The quantitative estimate of drug-likeness (QED) is 0.635. The van der Waals surface area contributed by atoms with Crippen LogP contribution in [-0.4, -0.2) is 16.9 Å². The van der Waals surface area contributed by atoms with Gasteiger partial charge in [-0.3, -0.25) is 15.4 Å². The fraction of sp³-hybridized carbons (Fsp3) is 0.136. The number of nitrogens with zero attached hydrogens (tertiary/aromatic N) is 1. The van der Waals surface area contributed by atoms with Crippen molar-refractivity contribution in [2.75, 3.05) is 5.32 Å². The minimum atomic E-state index is -0.626. The third-order valence-electron chi connectivity index (χ3n) is 4.39. The molecule has 2 aromatic carbocycles. The van der Waals surface area contributed by atoms with Gasteiger partial charge in [0.25, 0.3) is 5.91 Å². The minimum absolute atomic E-state index is 0.378. The topological polar surface area (TPSA) is 71.1 Å². The number of anilines is 1. The van der Waals surface area contributed by atoms with E-state index in [1.165, 1.54) is 0 Å². The van der Waals surface area contributed by atoms with E-state index in [1.54, 1.807) is 18.2 Å². The van der Waals surface area contributed by atoms with Crippen LogP contribution in [0.25, 0.3) is 11.1 Å². The normalized spacial score (nSPS) is 10.4. The van der Waals surface area contributed by atoms with Crippen molar-refractivity contribution in [1.82, 2.24) is 10.3 Å². The molecule has 2 N–H and O–H groups in total. The number of imide groups is 1. The van der Waals surface area contributed by atoms with Gasteiger partial charge in [-0.15, -0.1) is 0 Å². The Morgan fingerprint density at radius 2 is 1.61 bits per heavy atom. The molecule has 1 aromatic heterocycles. The van der Waals surface area contributed by atoms with Gasteiger partial charge in [-0.2, -0.15) is 0 Å². The molecule has 0 aliphatic carbocycles. The first-order valence-corrected chi connectivity index (χ1v) is 9.15. The highest BCUT2D eigenvalue weighted by atomic mass is 35.5. The molecule has 3 amide bonds. The molecule has 0 aliphatic rings. The van der Waals surface area contributed by atoms with E-state index >= 15 is 0 Å². The molecule has 0 saturated carbocycles. The Labute approximate surface area is 168 Å². The Hall–Kier alpha value is -3.18. The molecule has 0 fully saturated rings. The fourth-order valence-corrected chi connectivity index (χ4v) is 3.22. The number of amides is 3. The van der Waals surface area contributed by atoms with Gasteiger partial charge >= 0.3 is 6.03 Å². The summed E-state index contributed by atoms with van der Waals surface area (Å²) in [5, 5.41) is 5.63. The molecule has 0 unspecified atom stereocenters. The standard InChI is InChI=1S/C22H20ClN3O2/c1-13-6-4-5-7-18(13)21(27)26-22(28)25-19-12-14(2)20(15(3)24-19)16-8-10-17(23)11-9-16/h4-12H,1-3H3,(H2,24,25,26,27,28). The molecule has 0 radical (unpaired) electrons. The summed E-state index contributed by atoms with van der Waals surface area (Å²) in [6.07, 6.45) is 0. The summed E-state index contributed by atoms with van der Waals surface area (Å²) in [7, 11) is 0. The minimum Gasteiger partial charge on any atom is -0.292 e. The van der Waals surface area contributed by atoms with E-state index in [1.807, 2.05) is 57.2 Å². The van der Waals surface area contributed by atoms with E-state index in [4.69, 9.17) is 11.6 Å². The van der Waals surface area contributed by atoms with Crippen LogP contribution in [0.1, 0.15) is 27.2 Å². The first-order valence-electron chi connectivity index (χ1n) is 8.77. The van der Waals surface area contributed by atoms with Crippen molar-refractivity contribution in [3.8, 4) is 11.1 Å². The average molecular weight is 394 g/mol. The average Bonchev–Trinajstić information content (AvgIpc) is 2.63. The summed E-state index contributed by atoms with van der Waals surface area (Å²) < 4.78 is 0. The van der Waals surface area contributed by atoms with E-state index in [9.17, 15) is 9.59 Å². The first kappa shape index (κ1) is 19.6. The van der Waals surface area contributed by atoms with Gasteiger partial charge < -0.3 is 0 Å². The summed E-state index contributed by atoms with van der Waals surface area (Å²) in [5.74, 6) is -0.0791. The largest absolute Gasteiger partial charge is 0.327 e. The molecule has 28 heavy (non-hydrogen) atoms. The summed E-state index contributed by atoms with van der Waals surface area (Å²) >= 11 is 5.96. The molecule has 0 saturated heterocycles. The Morgan fingerprint density at radius 1 is 0.929 bits per heavy atom.